The largest absolute Gasteiger partial charge is 1.00 e. The summed E-state index contributed by atoms with van der Waals surface area (Å²) >= 11 is 0. The second kappa shape index (κ2) is 13.3. The van der Waals surface area contributed by atoms with Crippen LogP contribution < -0.4 is 0 Å². The number of aliphatic hydroxyl groups is 1. The van der Waals surface area contributed by atoms with Crippen LogP contribution in [0, 0.1) is 19.7 Å². The maximum atomic E-state index is 15.3. The molecule has 0 spiro atoms. The number of hydrogen-bond donors (Lipinski definition) is 1. The molecule has 5 nitrogen and oxygen atoms in total. The van der Waals surface area contributed by atoms with Gasteiger partial charge in [-0.15, -0.1) is 0 Å². The van der Waals surface area contributed by atoms with Crippen LogP contribution in [0.5, 0.6) is 0 Å². The van der Waals surface area contributed by atoms with Gasteiger partial charge in [0, 0.05) is 25.1 Å². The first kappa shape index (κ1) is 30.2. The molecule has 1 amide bonds. The zero-order chi connectivity index (χ0) is 24.8. The van der Waals surface area contributed by atoms with Crippen molar-refractivity contribution in [3.8, 4) is 11.1 Å². The second-order valence-corrected chi connectivity index (χ2v) is 7.77. The summed E-state index contributed by atoms with van der Waals surface area (Å²) in [5.74, 6) is -4.38. The molecule has 0 aliphatic carbocycles. The van der Waals surface area contributed by atoms with Crippen molar-refractivity contribution in [1.29, 1.82) is 0 Å². The van der Waals surface area contributed by atoms with E-state index in [-0.39, 0.29) is 31.8 Å². The van der Waals surface area contributed by atoms with Gasteiger partial charge in [-0.3, -0.25) is 4.79 Å². The van der Waals surface area contributed by atoms with Crippen molar-refractivity contribution in [1.82, 2.24) is 4.90 Å². The number of benzene rings is 2. The first-order chi connectivity index (χ1) is 15.8. The summed E-state index contributed by atoms with van der Waals surface area (Å²) in [6.45, 7) is 6.50. The molecule has 0 bridgehead atoms. The molecule has 2 heterocycles. The SMILES string of the molecule is CO.Cc1cccc(-c2cccc(C[C@H]3[C@@H]([NH-])C(F)(F)CN3C(=O)C3CCO3)c2F)c1.[CH2-]C.[Os+]. The molecular formula is C25H31F3N2O3Os-. The molecule has 2 aromatic rings. The first-order valence-corrected chi connectivity index (χ1v) is 10.8. The Morgan fingerprint density at radius 1 is 1.24 bits per heavy atom. The van der Waals surface area contributed by atoms with Crippen LogP contribution in [0.3, 0.4) is 0 Å². The first-order valence-electron chi connectivity index (χ1n) is 10.8. The minimum atomic E-state index is -3.34. The maximum absolute atomic E-state index is 15.3. The van der Waals surface area contributed by atoms with Crippen LogP contribution in [0.15, 0.2) is 42.5 Å². The third-order valence-corrected chi connectivity index (χ3v) is 5.72. The van der Waals surface area contributed by atoms with Crippen molar-refractivity contribution in [2.45, 2.75) is 50.8 Å². The number of likely N-dealkylation sites (tertiary alicyclic amines) is 1. The van der Waals surface area contributed by atoms with E-state index in [9.17, 15) is 13.6 Å². The van der Waals surface area contributed by atoms with E-state index in [4.69, 9.17) is 15.6 Å². The van der Waals surface area contributed by atoms with E-state index >= 15 is 4.39 Å². The minimum Gasteiger partial charge on any atom is -0.668 e. The average molecular weight is 655 g/mol. The summed E-state index contributed by atoms with van der Waals surface area (Å²) in [4.78, 5) is 13.6. The topological polar surface area (TPSA) is 73.6 Å². The quantitative estimate of drug-likeness (QED) is 0.480. The summed E-state index contributed by atoms with van der Waals surface area (Å²) in [5.41, 5.74) is 10.3. The molecule has 2 aliphatic heterocycles. The van der Waals surface area contributed by atoms with Gasteiger partial charge in [-0.2, -0.15) is 6.92 Å². The number of aryl methyl sites for hydroxylation is 1. The predicted octanol–water partition coefficient (Wildman–Crippen LogP) is 4.85. The number of amides is 1. The summed E-state index contributed by atoms with van der Waals surface area (Å²) < 4.78 is 48.9. The normalized spacial score (nSPS) is 22.3. The Labute approximate surface area is 212 Å². The minimum absolute atomic E-state index is 0. The fraction of sp³-hybridized carbons (Fsp3) is 0.440. The van der Waals surface area contributed by atoms with Gasteiger partial charge >= 0.3 is 19.8 Å². The molecule has 2 N–H and O–H groups in total. The molecule has 1 radical (unpaired) electrons. The van der Waals surface area contributed by atoms with Gasteiger partial charge in [-0.1, -0.05) is 48.0 Å². The van der Waals surface area contributed by atoms with Crippen molar-refractivity contribution in [2.75, 3.05) is 20.3 Å². The molecule has 2 aromatic carbocycles. The van der Waals surface area contributed by atoms with Crippen LogP contribution >= 0.6 is 0 Å². The third kappa shape index (κ3) is 6.45. The Hall–Kier alpha value is -1.78. The smallest absolute Gasteiger partial charge is 0.668 e. The average Bonchev–Trinajstić information content (AvgIpc) is 3.00. The summed E-state index contributed by atoms with van der Waals surface area (Å²) in [6.07, 6.45) is -0.400. The van der Waals surface area contributed by atoms with E-state index in [2.05, 4.69) is 6.92 Å². The second-order valence-electron chi connectivity index (χ2n) is 7.77. The van der Waals surface area contributed by atoms with Gasteiger partial charge in [-0.05, 0) is 30.5 Å². The molecule has 0 saturated carbocycles. The monoisotopic (exact) mass is 656 g/mol. The molecule has 189 valence electrons. The van der Waals surface area contributed by atoms with Gasteiger partial charge in [0.2, 0.25) is 0 Å². The molecule has 9 heteroatoms. The molecule has 0 aromatic heterocycles. The van der Waals surface area contributed by atoms with Crippen molar-refractivity contribution in [3.05, 3.63) is 72.1 Å². The molecule has 34 heavy (non-hydrogen) atoms. The fourth-order valence-corrected chi connectivity index (χ4v) is 3.99. The Balaban J connectivity index is 0.00000110. The van der Waals surface area contributed by atoms with Crippen molar-refractivity contribution in [2.24, 2.45) is 0 Å². The summed E-state index contributed by atoms with van der Waals surface area (Å²) in [5, 5.41) is 7.00. The maximum Gasteiger partial charge on any atom is 1.00 e. The van der Waals surface area contributed by atoms with E-state index in [1.807, 2.05) is 25.1 Å². The molecule has 2 fully saturated rings. The Morgan fingerprint density at radius 3 is 2.41 bits per heavy atom. The van der Waals surface area contributed by atoms with Crippen molar-refractivity contribution < 1.29 is 47.6 Å². The Kier molecular flexibility index (Phi) is 11.9. The Morgan fingerprint density at radius 2 is 1.85 bits per heavy atom. The molecule has 1 unspecified atom stereocenters. The Bertz CT molecular complexity index is 941. The fourth-order valence-electron chi connectivity index (χ4n) is 3.99. The van der Waals surface area contributed by atoms with Crippen molar-refractivity contribution >= 4 is 5.91 Å². The molecular weight excluding hydrogens is 624 g/mol. The van der Waals surface area contributed by atoms with Crippen LogP contribution in [0.25, 0.3) is 16.9 Å². The molecule has 2 aliphatic rings. The van der Waals surface area contributed by atoms with Crippen LogP contribution in [0.1, 0.15) is 24.5 Å². The zero-order valence-electron chi connectivity index (χ0n) is 19.5. The molecule has 3 atom stereocenters. The van der Waals surface area contributed by atoms with E-state index in [0.29, 0.717) is 24.2 Å². The van der Waals surface area contributed by atoms with E-state index < -0.39 is 42.4 Å². The number of halogens is 3. The predicted molar refractivity (Wildman–Crippen MR) is 122 cm³/mol. The van der Waals surface area contributed by atoms with Gasteiger partial charge in [0.15, 0.2) is 0 Å². The number of carbonyl (C=O) groups excluding carboxylic acids is 1. The van der Waals surface area contributed by atoms with E-state index in [1.54, 1.807) is 25.1 Å². The van der Waals surface area contributed by atoms with Gasteiger partial charge in [0.05, 0.1) is 13.2 Å². The number of aliphatic hydroxyl groups excluding tert-OH is 1. The number of nitrogens with one attached hydrogen (secondary N) is 1. The number of alkyl halides is 2. The number of rotatable bonds is 4. The summed E-state index contributed by atoms with van der Waals surface area (Å²) in [6, 6.07) is 9.29. The van der Waals surface area contributed by atoms with Crippen LogP contribution in [-0.4, -0.2) is 60.3 Å². The number of ether oxygens (including phenoxy) is 1. The van der Waals surface area contributed by atoms with Crippen LogP contribution in [-0.2, 0) is 35.7 Å². The van der Waals surface area contributed by atoms with Gasteiger partial charge < -0.3 is 27.4 Å². The standard InChI is InChI=1S/C22H22F3N2O2.C2H5.CH4O.Os/c1-13-4-2-5-14(10-13)16-7-3-6-15(19(16)23)11-17-20(26)22(24,25)12-27(17)21(28)18-8-9-29-18;2*1-2;/h2-7,10,17-18,20,26H,8-9,11-12H2,1H3;1H2,2H3;2H,1H3;/q2*-1;;+1/t17-,18?,20+;;;/m0.../s1. The third-order valence-electron chi connectivity index (χ3n) is 5.72. The molecule has 2 saturated heterocycles. The number of carbonyl (C=O) groups is 1. The van der Waals surface area contributed by atoms with E-state index in [0.717, 1.165) is 17.6 Å². The zero-order valence-corrected chi connectivity index (χ0v) is 22.0. The van der Waals surface area contributed by atoms with E-state index in [1.165, 1.54) is 6.07 Å². The number of nitrogens with zero attached hydrogens (tertiary/aromatic N) is 1. The molecule has 4 rings (SSSR count). The van der Waals surface area contributed by atoms with Crippen LogP contribution in [0.4, 0.5) is 13.2 Å². The summed E-state index contributed by atoms with van der Waals surface area (Å²) in [7, 11) is 1.00. The number of hydrogen-bond acceptors (Lipinski definition) is 3. The van der Waals surface area contributed by atoms with Gasteiger partial charge in [0.1, 0.15) is 11.9 Å². The van der Waals surface area contributed by atoms with Crippen LogP contribution in [0.2, 0.25) is 0 Å². The van der Waals surface area contributed by atoms with Crippen molar-refractivity contribution in [3.63, 3.8) is 0 Å². The van der Waals surface area contributed by atoms with Gasteiger partial charge in [0.25, 0.3) is 11.8 Å². The van der Waals surface area contributed by atoms with Gasteiger partial charge in [-0.25, -0.2) is 13.2 Å².